The standard InChI is InChI=1S/C18H18FN3O4/c1-26-17-7-2-13(12-16(17)22(24)25)18(23)21-10-8-20(9-11-21)15-5-3-14(19)4-6-15/h2-7,12H,8-11H2,1H3. The number of carbonyl (C=O) groups excluding carboxylic acids is 1. The van der Waals surface area contributed by atoms with E-state index in [1.54, 1.807) is 17.0 Å². The molecule has 2 aromatic rings. The lowest BCUT2D eigenvalue weighted by atomic mass is 10.1. The highest BCUT2D eigenvalue weighted by Gasteiger charge is 2.25. The van der Waals surface area contributed by atoms with Gasteiger partial charge >= 0.3 is 5.69 Å². The van der Waals surface area contributed by atoms with Crippen molar-refractivity contribution in [1.82, 2.24) is 4.90 Å². The van der Waals surface area contributed by atoms with Crippen molar-refractivity contribution >= 4 is 17.3 Å². The van der Waals surface area contributed by atoms with Gasteiger partial charge in [0.2, 0.25) is 0 Å². The molecule has 26 heavy (non-hydrogen) atoms. The summed E-state index contributed by atoms with van der Waals surface area (Å²) in [6.07, 6.45) is 0. The summed E-state index contributed by atoms with van der Waals surface area (Å²) in [5.74, 6) is -0.425. The Hall–Kier alpha value is -3.16. The Morgan fingerprint density at radius 1 is 1.12 bits per heavy atom. The van der Waals surface area contributed by atoms with E-state index in [9.17, 15) is 19.3 Å². The zero-order valence-corrected chi connectivity index (χ0v) is 14.2. The van der Waals surface area contributed by atoms with Gasteiger partial charge in [-0.05, 0) is 36.4 Å². The molecule has 0 aromatic heterocycles. The highest BCUT2D eigenvalue weighted by Crippen LogP contribution is 2.28. The Balaban J connectivity index is 1.69. The third kappa shape index (κ3) is 3.58. The topological polar surface area (TPSA) is 75.9 Å². The molecular formula is C18H18FN3O4. The maximum absolute atomic E-state index is 13.0. The molecule has 1 amide bonds. The highest BCUT2D eigenvalue weighted by atomic mass is 19.1. The SMILES string of the molecule is COc1ccc(C(=O)N2CCN(c3ccc(F)cc3)CC2)cc1[N+](=O)[O-]. The Morgan fingerprint density at radius 3 is 2.35 bits per heavy atom. The van der Waals surface area contributed by atoms with E-state index in [1.165, 1.54) is 37.4 Å². The molecule has 3 rings (SSSR count). The molecule has 0 N–H and O–H groups in total. The fourth-order valence-electron chi connectivity index (χ4n) is 2.97. The van der Waals surface area contributed by atoms with E-state index >= 15 is 0 Å². The molecule has 1 saturated heterocycles. The second-order valence-corrected chi connectivity index (χ2v) is 5.90. The van der Waals surface area contributed by atoms with Crippen LogP contribution in [0.15, 0.2) is 42.5 Å². The molecule has 136 valence electrons. The third-order valence-electron chi connectivity index (χ3n) is 4.38. The molecule has 1 heterocycles. The number of halogens is 1. The summed E-state index contributed by atoms with van der Waals surface area (Å²) in [4.78, 5) is 26.9. The lowest BCUT2D eigenvalue weighted by molar-refractivity contribution is -0.385. The van der Waals surface area contributed by atoms with E-state index in [2.05, 4.69) is 4.90 Å². The first-order valence-corrected chi connectivity index (χ1v) is 8.12. The molecule has 0 radical (unpaired) electrons. The van der Waals surface area contributed by atoms with E-state index in [-0.39, 0.29) is 28.7 Å². The van der Waals surface area contributed by atoms with Gasteiger partial charge in [0.15, 0.2) is 5.75 Å². The van der Waals surface area contributed by atoms with Crippen molar-refractivity contribution in [2.24, 2.45) is 0 Å². The highest BCUT2D eigenvalue weighted by molar-refractivity contribution is 5.95. The molecule has 7 nitrogen and oxygen atoms in total. The average Bonchev–Trinajstić information content (AvgIpc) is 2.67. The van der Waals surface area contributed by atoms with Crippen LogP contribution in [0.5, 0.6) is 5.75 Å². The van der Waals surface area contributed by atoms with Gasteiger partial charge in [-0.25, -0.2) is 4.39 Å². The number of piperazine rings is 1. The summed E-state index contributed by atoms with van der Waals surface area (Å²) in [7, 11) is 1.35. The number of nitro benzene ring substituents is 1. The Kier molecular flexibility index (Phi) is 5.01. The first-order valence-electron chi connectivity index (χ1n) is 8.12. The normalized spacial score (nSPS) is 14.2. The molecule has 1 fully saturated rings. The van der Waals surface area contributed by atoms with Crippen molar-refractivity contribution in [1.29, 1.82) is 0 Å². The minimum Gasteiger partial charge on any atom is -0.490 e. The summed E-state index contributed by atoms with van der Waals surface area (Å²) in [6.45, 7) is 2.18. The lowest BCUT2D eigenvalue weighted by Crippen LogP contribution is -2.48. The predicted molar refractivity (Wildman–Crippen MR) is 94.2 cm³/mol. The van der Waals surface area contributed by atoms with Gasteiger partial charge in [-0.3, -0.25) is 14.9 Å². The van der Waals surface area contributed by atoms with Gasteiger partial charge in [-0.2, -0.15) is 0 Å². The summed E-state index contributed by atoms with van der Waals surface area (Å²) in [5, 5.41) is 11.1. The van der Waals surface area contributed by atoms with Crippen LogP contribution in [0.2, 0.25) is 0 Å². The largest absolute Gasteiger partial charge is 0.490 e. The molecule has 1 aliphatic heterocycles. The molecular weight excluding hydrogens is 341 g/mol. The Morgan fingerprint density at radius 2 is 1.77 bits per heavy atom. The van der Waals surface area contributed by atoms with Crippen molar-refractivity contribution in [3.05, 3.63) is 64.0 Å². The number of nitrogens with zero attached hydrogens (tertiary/aromatic N) is 3. The van der Waals surface area contributed by atoms with Crippen LogP contribution in [0.3, 0.4) is 0 Å². The van der Waals surface area contributed by atoms with E-state index in [0.717, 1.165) is 5.69 Å². The van der Waals surface area contributed by atoms with Crippen molar-refractivity contribution in [2.45, 2.75) is 0 Å². The number of anilines is 1. The number of nitro groups is 1. The Labute approximate surface area is 149 Å². The number of carbonyl (C=O) groups is 1. The van der Waals surface area contributed by atoms with E-state index in [1.807, 2.05) is 0 Å². The van der Waals surface area contributed by atoms with Crippen LogP contribution in [0, 0.1) is 15.9 Å². The first kappa shape index (κ1) is 17.7. The summed E-state index contributed by atoms with van der Waals surface area (Å²) in [5.41, 5.74) is 0.926. The van der Waals surface area contributed by atoms with Crippen LogP contribution in [-0.4, -0.2) is 49.0 Å². The number of amides is 1. The molecule has 0 aliphatic carbocycles. The zero-order chi connectivity index (χ0) is 18.7. The van der Waals surface area contributed by atoms with Crippen molar-refractivity contribution < 1.29 is 18.8 Å². The van der Waals surface area contributed by atoms with Crippen LogP contribution in [0.4, 0.5) is 15.8 Å². The summed E-state index contributed by atoms with van der Waals surface area (Å²) in [6, 6.07) is 10.4. The van der Waals surface area contributed by atoms with Gasteiger partial charge < -0.3 is 14.5 Å². The Bertz CT molecular complexity index is 818. The van der Waals surface area contributed by atoms with Gasteiger partial charge in [-0.15, -0.1) is 0 Å². The van der Waals surface area contributed by atoms with Gasteiger partial charge in [0.05, 0.1) is 12.0 Å². The number of benzene rings is 2. The van der Waals surface area contributed by atoms with Gasteiger partial charge in [0.1, 0.15) is 5.82 Å². The smallest absolute Gasteiger partial charge is 0.311 e. The number of hydrogen-bond donors (Lipinski definition) is 0. The predicted octanol–water partition coefficient (Wildman–Crippen LogP) is 2.70. The molecule has 0 atom stereocenters. The van der Waals surface area contributed by atoms with Gasteiger partial charge in [0.25, 0.3) is 5.91 Å². The zero-order valence-electron chi connectivity index (χ0n) is 14.2. The van der Waals surface area contributed by atoms with Crippen molar-refractivity contribution in [3.8, 4) is 5.75 Å². The fraction of sp³-hybridized carbons (Fsp3) is 0.278. The minimum atomic E-state index is -0.567. The number of methoxy groups -OCH3 is 1. The molecule has 1 aliphatic rings. The molecule has 0 saturated carbocycles. The van der Waals surface area contributed by atoms with E-state index in [0.29, 0.717) is 26.2 Å². The van der Waals surface area contributed by atoms with Gasteiger partial charge in [0, 0.05) is 43.5 Å². The maximum atomic E-state index is 13.0. The van der Waals surface area contributed by atoms with Crippen molar-refractivity contribution in [2.75, 3.05) is 38.2 Å². The van der Waals surface area contributed by atoms with E-state index in [4.69, 9.17) is 4.74 Å². The quantitative estimate of drug-likeness (QED) is 0.620. The minimum absolute atomic E-state index is 0.118. The van der Waals surface area contributed by atoms with E-state index < -0.39 is 4.92 Å². The van der Waals surface area contributed by atoms with Crippen LogP contribution >= 0.6 is 0 Å². The molecule has 2 aromatic carbocycles. The first-order chi connectivity index (χ1) is 12.5. The van der Waals surface area contributed by atoms with Gasteiger partial charge in [-0.1, -0.05) is 0 Å². The average molecular weight is 359 g/mol. The lowest BCUT2D eigenvalue weighted by Gasteiger charge is -2.36. The number of hydrogen-bond acceptors (Lipinski definition) is 5. The maximum Gasteiger partial charge on any atom is 0.311 e. The monoisotopic (exact) mass is 359 g/mol. The molecule has 0 spiro atoms. The number of rotatable bonds is 4. The summed E-state index contributed by atoms with van der Waals surface area (Å²) < 4.78 is 18.0. The van der Waals surface area contributed by atoms with Crippen LogP contribution in [-0.2, 0) is 0 Å². The molecule has 0 unspecified atom stereocenters. The molecule has 0 bridgehead atoms. The van der Waals surface area contributed by atoms with Crippen LogP contribution in [0.25, 0.3) is 0 Å². The number of ether oxygens (including phenoxy) is 1. The second-order valence-electron chi connectivity index (χ2n) is 5.90. The van der Waals surface area contributed by atoms with Crippen LogP contribution < -0.4 is 9.64 Å². The molecule has 8 heteroatoms. The van der Waals surface area contributed by atoms with Crippen LogP contribution in [0.1, 0.15) is 10.4 Å². The van der Waals surface area contributed by atoms with Crippen molar-refractivity contribution in [3.63, 3.8) is 0 Å². The fourth-order valence-corrected chi connectivity index (χ4v) is 2.97. The summed E-state index contributed by atoms with van der Waals surface area (Å²) >= 11 is 0. The second kappa shape index (κ2) is 7.38. The third-order valence-corrected chi connectivity index (χ3v) is 4.38.